The molecule has 0 aliphatic carbocycles. The van der Waals surface area contributed by atoms with E-state index in [1.807, 2.05) is 64.4 Å². The van der Waals surface area contributed by atoms with Crippen LogP contribution in [0.3, 0.4) is 0 Å². The number of aliphatic hydroxyl groups is 1. The molecule has 204 valence electrons. The van der Waals surface area contributed by atoms with Crippen LogP contribution in [0.1, 0.15) is 35.4 Å². The van der Waals surface area contributed by atoms with Crippen molar-refractivity contribution >= 4 is 17.2 Å². The zero-order chi connectivity index (χ0) is 26.7. The molecule has 1 aliphatic rings. The first kappa shape index (κ1) is 28.1. The molecular formula is C30H38N2O5S. The Morgan fingerprint density at radius 2 is 1.97 bits per heavy atom. The molecule has 0 saturated heterocycles. The van der Waals surface area contributed by atoms with E-state index in [9.17, 15) is 9.90 Å². The Labute approximate surface area is 229 Å². The number of thiophene rings is 1. The number of benzene rings is 2. The van der Waals surface area contributed by atoms with Gasteiger partial charge in [0.05, 0.1) is 39.0 Å². The van der Waals surface area contributed by atoms with Gasteiger partial charge in [-0.2, -0.15) is 0 Å². The van der Waals surface area contributed by atoms with Crippen LogP contribution in [0, 0.1) is 0 Å². The number of hydrogen-bond acceptors (Lipinski definition) is 7. The van der Waals surface area contributed by atoms with Crippen molar-refractivity contribution in [2.75, 3.05) is 46.5 Å². The van der Waals surface area contributed by atoms with Gasteiger partial charge in [0, 0.05) is 24.0 Å². The first-order chi connectivity index (χ1) is 18.6. The van der Waals surface area contributed by atoms with Crippen LogP contribution in [0.15, 0.2) is 66.0 Å². The quantitative estimate of drug-likeness (QED) is 0.325. The Bertz CT molecular complexity index is 1140. The van der Waals surface area contributed by atoms with Gasteiger partial charge >= 0.3 is 0 Å². The number of methoxy groups -OCH3 is 1. The predicted molar refractivity (Wildman–Crippen MR) is 150 cm³/mol. The molecule has 1 aromatic heterocycles. The monoisotopic (exact) mass is 538 g/mol. The van der Waals surface area contributed by atoms with E-state index in [1.165, 1.54) is 4.88 Å². The normalized spacial score (nSPS) is 15.8. The summed E-state index contributed by atoms with van der Waals surface area (Å²) in [5, 5.41) is 12.7. The van der Waals surface area contributed by atoms with Crippen molar-refractivity contribution in [3.63, 3.8) is 0 Å². The highest BCUT2D eigenvalue weighted by atomic mass is 32.1. The van der Waals surface area contributed by atoms with E-state index in [1.54, 1.807) is 18.4 Å². The van der Waals surface area contributed by atoms with Gasteiger partial charge in [-0.3, -0.25) is 9.69 Å². The van der Waals surface area contributed by atoms with Gasteiger partial charge in [0.15, 0.2) is 0 Å². The Morgan fingerprint density at radius 1 is 1.16 bits per heavy atom. The lowest BCUT2D eigenvalue weighted by atomic mass is 10.0. The Balaban J connectivity index is 1.36. The minimum atomic E-state index is -0.671. The van der Waals surface area contributed by atoms with E-state index in [2.05, 4.69) is 18.4 Å². The first-order valence-electron chi connectivity index (χ1n) is 13.2. The van der Waals surface area contributed by atoms with E-state index in [0.29, 0.717) is 32.1 Å². The van der Waals surface area contributed by atoms with Gasteiger partial charge in [-0.25, -0.2) is 0 Å². The predicted octanol–water partition coefficient (Wildman–Crippen LogP) is 4.55. The maximum atomic E-state index is 13.6. The number of carbonyl (C=O) groups is 1. The first-order valence-corrected chi connectivity index (χ1v) is 14.1. The lowest BCUT2D eigenvalue weighted by Crippen LogP contribution is -2.48. The lowest BCUT2D eigenvalue weighted by Gasteiger charge is -2.37. The second-order valence-electron chi connectivity index (χ2n) is 9.53. The highest BCUT2D eigenvalue weighted by molar-refractivity contribution is 7.10. The van der Waals surface area contributed by atoms with Gasteiger partial charge in [0.25, 0.3) is 0 Å². The maximum absolute atomic E-state index is 13.6. The van der Waals surface area contributed by atoms with Gasteiger partial charge in [-0.1, -0.05) is 43.3 Å². The van der Waals surface area contributed by atoms with E-state index in [0.717, 1.165) is 36.3 Å². The van der Waals surface area contributed by atoms with Gasteiger partial charge in [-0.05, 0) is 54.1 Å². The third kappa shape index (κ3) is 7.80. The maximum Gasteiger partial charge on any atom is 0.237 e. The Morgan fingerprint density at radius 3 is 2.76 bits per heavy atom. The number of amides is 1. The number of fused-ring (bicyclic) bond motifs is 1. The largest absolute Gasteiger partial charge is 0.497 e. The third-order valence-corrected chi connectivity index (χ3v) is 7.65. The zero-order valence-electron chi connectivity index (χ0n) is 22.3. The third-order valence-electron chi connectivity index (χ3n) is 6.65. The van der Waals surface area contributed by atoms with Crippen molar-refractivity contribution in [1.82, 2.24) is 9.80 Å². The van der Waals surface area contributed by atoms with Crippen LogP contribution >= 0.6 is 11.3 Å². The highest BCUT2D eigenvalue weighted by Gasteiger charge is 2.33. The van der Waals surface area contributed by atoms with Crippen LogP contribution in [0.4, 0.5) is 0 Å². The standard InChI is InChI=1S/C30H38N2O5S/c1-3-14-31(18-24(33)21-36-20-23-8-5-4-6-9-23)19-30(34)32-15-12-29-27(13-16-38-29)28(32)22-37-26-11-7-10-25(17-26)35-2/h4-11,13,16-17,24,28,33H,3,12,14-15,18-22H2,1-2H3. The van der Waals surface area contributed by atoms with Crippen molar-refractivity contribution in [3.8, 4) is 11.5 Å². The van der Waals surface area contributed by atoms with Gasteiger partial charge in [-0.15, -0.1) is 11.3 Å². The Kier molecular flexibility index (Phi) is 10.6. The molecule has 3 aromatic rings. The lowest BCUT2D eigenvalue weighted by molar-refractivity contribution is -0.136. The topological polar surface area (TPSA) is 71.5 Å². The van der Waals surface area contributed by atoms with Crippen molar-refractivity contribution in [1.29, 1.82) is 0 Å². The highest BCUT2D eigenvalue weighted by Crippen LogP contribution is 2.34. The molecular weight excluding hydrogens is 500 g/mol. The molecule has 4 rings (SSSR count). The summed E-state index contributed by atoms with van der Waals surface area (Å²) in [7, 11) is 1.63. The fourth-order valence-corrected chi connectivity index (χ4v) is 5.74. The Hall–Kier alpha value is -2.91. The van der Waals surface area contributed by atoms with E-state index >= 15 is 0 Å². The van der Waals surface area contributed by atoms with Crippen LogP contribution in [-0.2, 0) is 22.6 Å². The number of ether oxygens (including phenoxy) is 3. The number of hydrogen-bond donors (Lipinski definition) is 1. The second-order valence-corrected chi connectivity index (χ2v) is 10.5. The molecule has 2 atom stereocenters. The summed E-state index contributed by atoms with van der Waals surface area (Å²) in [6.45, 7) is 5.14. The summed E-state index contributed by atoms with van der Waals surface area (Å²) in [6, 6.07) is 19.4. The zero-order valence-corrected chi connectivity index (χ0v) is 23.1. The van der Waals surface area contributed by atoms with E-state index < -0.39 is 6.10 Å². The summed E-state index contributed by atoms with van der Waals surface area (Å²) in [6.07, 6.45) is 1.06. The van der Waals surface area contributed by atoms with E-state index in [4.69, 9.17) is 14.2 Å². The molecule has 1 amide bonds. The minimum absolute atomic E-state index is 0.0481. The van der Waals surface area contributed by atoms with Gasteiger partial charge in [0.1, 0.15) is 18.1 Å². The summed E-state index contributed by atoms with van der Waals surface area (Å²) < 4.78 is 17.2. The SMILES string of the molecule is CCCN(CC(=O)N1CCc2sccc2C1COc1cccc(OC)c1)CC(O)COCc1ccccc1. The molecule has 0 fully saturated rings. The van der Waals surface area contributed by atoms with Gasteiger partial charge in [0.2, 0.25) is 5.91 Å². The minimum Gasteiger partial charge on any atom is -0.497 e. The molecule has 8 heteroatoms. The molecule has 2 heterocycles. The molecule has 0 saturated carbocycles. The smallest absolute Gasteiger partial charge is 0.237 e. The van der Waals surface area contributed by atoms with Crippen LogP contribution in [0.25, 0.3) is 0 Å². The summed E-state index contributed by atoms with van der Waals surface area (Å²) >= 11 is 1.74. The molecule has 2 aromatic carbocycles. The number of nitrogens with zero attached hydrogens (tertiary/aromatic N) is 2. The average Bonchev–Trinajstić information content (AvgIpc) is 3.42. The molecule has 38 heavy (non-hydrogen) atoms. The van der Waals surface area contributed by atoms with Crippen molar-refractivity contribution in [3.05, 3.63) is 82.0 Å². The van der Waals surface area contributed by atoms with Crippen molar-refractivity contribution in [2.24, 2.45) is 0 Å². The van der Waals surface area contributed by atoms with Crippen LogP contribution in [0.5, 0.6) is 11.5 Å². The van der Waals surface area contributed by atoms with Gasteiger partial charge < -0.3 is 24.2 Å². The summed E-state index contributed by atoms with van der Waals surface area (Å²) in [4.78, 5) is 18.9. The number of aliphatic hydroxyl groups excluding tert-OH is 1. The molecule has 2 unspecified atom stereocenters. The van der Waals surface area contributed by atoms with Crippen LogP contribution in [0.2, 0.25) is 0 Å². The fraction of sp³-hybridized carbons (Fsp3) is 0.433. The summed E-state index contributed by atoms with van der Waals surface area (Å²) in [5.41, 5.74) is 2.23. The number of rotatable bonds is 14. The van der Waals surface area contributed by atoms with Crippen LogP contribution in [-0.4, -0.2) is 73.4 Å². The van der Waals surface area contributed by atoms with Crippen molar-refractivity contribution < 1.29 is 24.1 Å². The number of carbonyl (C=O) groups excluding carboxylic acids is 1. The molecule has 0 bridgehead atoms. The second kappa shape index (κ2) is 14.3. The average molecular weight is 539 g/mol. The van der Waals surface area contributed by atoms with E-state index in [-0.39, 0.29) is 25.1 Å². The summed E-state index contributed by atoms with van der Waals surface area (Å²) in [5.74, 6) is 1.49. The van der Waals surface area contributed by atoms with Crippen molar-refractivity contribution in [2.45, 2.75) is 38.5 Å². The fourth-order valence-electron chi connectivity index (χ4n) is 4.81. The molecule has 0 radical (unpaired) electrons. The molecule has 7 nitrogen and oxygen atoms in total. The molecule has 1 aliphatic heterocycles. The van der Waals surface area contributed by atoms with Crippen LogP contribution < -0.4 is 9.47 Å². The molecule has 0 spiro atoms. The molecule has 1 N–H and O–H groups in total.